The molecule has 2 unspecified atom stereocenters. The number of anilines is 1. The first-order valence-corrected chi connectivity index (χ1v) is 5.63. The smallest absolute Gasteiger partial charge is 0.0314 e. The summed E-state index contributed by atoms with van der Waals surface area (Å²) in [6.07, 6.45) is 5.53. The van der Waals surface area contributed by atoms with Gasteiger partial charge in [-0.1, -0.05) is 38.3 Å². The van der Waals surface area contributed by atoms with Crippen LogP contribution in [0.1, 0.15) is 44.1 Å². The van der Waals surface area contributed by atoms with Crippen LogP contribution in [0.15, 0.2) is 24.3 Å². The summed E-state index contributed by atoms with van der Waals surface area (Å²) in [6, 6.07) is 8.44. The Kier molecular flexibility index (Phi) is 2.76. The van der Waals surface area contributed by atoms with Crippen molar-refractivity contribution in [1.82, 2.24) is 0 Å². The fraction of sp³-hybridized carbons (Fsp3) is 0.538. The second kappa shape index (κ2) is 4.04. The van der Waals surface area contributed by atoms with E-state index < -0.39 is 0 Å². The lowest BCUT2D eigenvalue weighted by molar-refractivity contribution is 0.330. The van der Waals surface area contributed by atoms with Gasteiger partial charge in [-0.2, -0.15) is 0 Å². The van der Waals surface area contributed by atoms with Gasteiger partial charge in [-0.25, -0.2) is 0 Å². The molecule has 1 aromatic rings. The van der Waals surface area contributed by atoms with Gasteiger partial charge in [-0.05, 0) is 36.0 Å². The van der Waals surface area contributed by atoms with Gasteiger partial charge in [0.15, 0.2) is 0 Å². The van der Waals surface area contributed by atoms with Crippen molar-refractivity contribution in [2.75, 3.05) is 5.73 Å². The molecule has 0 amide bonds. The van der Waals surface area contributed by atoms with Crippen LogP contribution in [0.2, 0.25) is 0 Å². The van der Waals surface area contributed by atoms with E-state index in [1.54, 1.807) is 0 Å². The topological polar surface area (TPSA) is 26.0 Å². The van der Waals surface area contributed by atoms with Crippen LogP contribution in [-0.2, 0) is 0 Å². The molecule has 1 aliphatic carbocycles. The maximum Gasteiger partial charge on any atom is 0.0314 e. The first-order chi connectivity index (χ1) is 6.77. The predicted octanol–water partition coefficient (Wildman–Crippen LogP) is 3.56. The summed E-state index contributed by atoms with van der Waals surface area (Å²) in [5.41, 5.74) is 8.04. The Labute approximate surface area is 86.3 Å². The molecule has 2 atom stereocenters. The molecular formula is C13H19N. The Morgan fingerprint density at radius 2 is 1.71 bits per heavy atom. The van der Waals surface area contributed by atoms with Gasteiger partial charge in [-0.15, -0.1) is 0 Å². The number of hydrogen-bond donors (Lipinski definition) is 1. The minimum absolute atomic E-state index is 0.768. The van der Waals surface area contributed by atoms with Crippen molar-refractivity contribution in [3.8, 4) is 0 Å². The van der Waals surface area contributed by atoms with Crippen LogP contribution >= 0.6 is 0 Å². The zero-order valence-electron chi connectivity index (χ0n) is 8.87. The quantitative estimate of drug-likeness (QED) is 0.672. The lowest BCUT2D eigenvalue weighted by atomic mass is 9.76. The normalized spacial score (nSPS) is 27.5. The van der Waals surface area contributed by atoms with Crippen LogP contribution < -0.4 is 5.73 Å². The molecule has 1 aromatic carbocycles. The van der Waals surface area contributed by atoms with Crippen LogP contribution in [0.4, 0.5) is 5.69 Å². The van der Waals surface area contributed by atoms with Gasteiger partial charge in [0.1, 0.15) is 0 Å². The van der Waals surface area contributed by atoms with E-state index in [0.717, 1.165) is 17.5 Å². The summed E-state index contributed by atoms with van der Waals surface area (Å²) in [5, 5.41) is 0. The molecule has 0 spiro atoms. The SMILES string of the molecule is CC1CCCCC1c1ccc(N)cc1. The summed E-state index contributed by atoms with van der Waals surface area (Å²) >= 11 is 0. The summed E-state index contributed by atoms with van der Waals surface area (Å²) in [6.45, 7) is 2.38. The fourth-order valence-electron chi connectivity index (χ4n) is 2.55. The zero-order chi connectivity index (χ0) is 9.97. The summed E-state index contributed by atoms with van der Waals surface area (Å²) in [4.78, 5) is 0. The first kappa shape index (κ1) is 9.57. The Hall–Kier alpha value is -0.980. The molecule has 1 saturated carbocycles. The zero-order valence-corrected chi connectivity index (χ0v) is 8.87. The minimum atomic E-state index is 0.768. The lowest BCUT2D eigenvalue weighted by Gasteiger charge is -2.29. The van der Waals surface area contributed by atoms with Crippen LogP contribution in [0.5, 0.6) is 0 Å². The van der Waals surface area contributed by atoms with Crippen LogP contribution in [0.25, 0.3) is 0 Å². The molecular weight excluding hydrogens is 170 g/mol. The molecule has 1 fully saturated rings. The van der Waals surface area contributed by atoms with E-state index in [1.165, 1.54) is 31.2 Å². The van der Waals surface area contributed by atoms with Crippen molar-refractivity contribution >= 4 is 5.69 Å². The molecule has 0 aromatic heterocycles. The van der Waals surface area contributed by atoms with E-state index in [1.807, 2.05) is 12.1 Å². The van der Waals surface area contributed by atoms with Crippen molar-refractivity contribution in [2.45, 2.75) is 38.5 Å². The highest BCUT2D eigenvalue weighted by molar-refractivity contribution is 5.40. The average Bonchev–Trinajstić information content (AvgIpc) is 2.20. The molecule has 76 valence electrons. The van der Waals surface area contributed by atoms with Crippen molar-refractivity contribution in [1.29, 1.82) is 0 Å². The predicted molar refractivity (Wildman–Crippen MR) is 61.2 cm³/mol. The summed E-state index contributed by atoms with van der Waals surface area (Å²) in [5.74, 6) is 1.61. The fourth-order valence-corrected chi connectivity index (χ4v) is 2.55. The van der Waals surface area contributed by atoms with Crippen molar-refractivity contribution in [2.24, 2.45) is 5.92 Å². The van der Waals surface area contributed by atoms with Crippen molar-refractivity contribution < 1.29 is 0 Å². The lowest BCUT2D eigenvalue weighted by Crippen LogP contribution is -2.14. The van der Waals surface area contributed by atoms with Crippen molar-refractivity contribution in [3.63, 3.8) is 0 Å². The Morgan fingerprint density at radius 1 is 1.07 bits per heavy atom. The number of rotatable bonds is 1. The first-order valence-electron chi connectivity index (χ1n) is 5.63. The molecule has 14 heavy (non-hydrogen) atoms. The van der Waals surface area contributed by atoms with Crippen molar-refractivity contribution in [3.05, 3.63) is 29.8 Å². The Bertz CT molecular complexity index is 289. The number of hydrogen-bond acceptors (Lipinski definition) is 1. The van der Waals surface area contributed by atoms with Gasteiger partial charge in [0, 0.05) is 5.69 Å². The van der Waals surface area contributed by atoms with Gasteiger partial charge >= 0.3 is 0 Å². The molecule has 2 N–H and O–H groups in total. The molecule has 0 heterocycles. The standard InChI is InChI=1S/C13H19N/c1-10-4-2-3-5-13(10)11-6-8-12(14)9-7-11/h6-10,13H,2-5,14H2,1H3. The third kappa shape index (κ3) is 1.92. The van der Waals surface area contributed by atoms with Gasteiger partial charge in [-0.3, -0.25) is 0 Å². The molecule has 0 bridgehead atoms. The second-order valence-corrected chi connectivity index (χ2v) is 4.53. The maximum atomic E-state index is 5.69. The van der Waals surface area contributed by atoms with E-state index in [2.05, 4.69) is 19.1 Å². The highest BCUT2D eigenvalue weighted by atomic mass is 14.5. The number of benzene rings is 1. The molecule has 1 heteroatoms. The van der Waals surface area contributed by atoms with Gasteiger partial charge in [0.2, 0.25) is 0 Å². The maximum absolute atomic E-state index is 5.69. The van der Waals surface area contributed by atoms with Gasteiger partial charge < -0.3 is 5.73 Å². The third-order valence-electron chi connectivity index (χ3n) is 3.48. The highest BCUT2D eigenvalue weighted by Crippen LogP contribution is 2.37. The molecule has 2 rings (SSSR count). The molecule has 0 saturated heterocycles. The third-order valence-corrected chi connectivity index (χ3v) is 3.48. The van der Waals surface area contributed by atoms with E-state index in [-0.39, 0.29) is 0 Å². The van der Waals surface area contributed by atoms with Crippen LogP contribution in [0.3, 0.4) is 0 Å². The van der Waals surface area contributed by atoms with E-state index in [9.17, 15) is 0 Å². The van der Waals surface area contributed by atoms with Crippen LogP contribution in [0, 0.1) is 5.92 Å². The van der Waals surface area contributed by atoms with E-state index >= 15 is 0 Å². The molecule has 0 aliphatic heterocycles. The molecule has 1 nitrogen and oxygen atoms in total. The largest absolute Gasteiger partial charge is 0.399 e. The Balaban J connectivity index is 2.16. The molecule has 0 radical (unpaired) electrons. The highest BCUT2D eigenvalue weighted by Gasteiger charge is 2.22. The Morgan fingerprint density at radius 3 is 2.36 bits per heavy atom. The van der Waals surface area contributed by atoms with E-state index in [0.29, 0.717) is 0 Å². The molecule has 1 aliphatic rings. The minimum Gasteiger partial charge on any atom is -0.399 e. The summed E-state index contributed by atoms with van der Waals surface area (Å²) in [7, 11) is 0. The van der Waals surface area contributed by atoms with Gasteiger partial charge in [0.05, 0.1) is 0 Å². The average molecular weight is 189 g/mol. The van der Waals surface area contributed by atoms with E-state index in [4.69, 9.17) is 5.73 Å². The second-order valence-electron chi connectivity index (χ2n) is 4.53. The van der Waals surface area contributed by atoms with Gasteiger partial charge in [0.25, 0.3) is 0 Å². The number of nitrogen functional groups attached to an aromatic ring is 1. The number of nitrogens with two attached hydrogens (primary N) is 1. The monoisotopic (exact) mass is 189 g/mol. The summed E-state index contributed by atoms with van der Waals surface area (Å²) < 4.78 is 0. The van der Waals surface area contributed by atoms with Crippen LogP contribution in [-0.4, -0.2) is 0 Å².